The number of ether oxygens (including phenoxy) is 2. The lowest BCUT2D eigenvalue weighted by Crippen LogP contribution is -2.53. The lowest BCUT2D eigenvalue weighted by atomic mass is 9.94. The lowest BCUT2D eigenvalue weighted by molar-refractivity contribution is -0.134. The van der Waals surface area contributed by atoms with Crippen molar-refractivity contribution in [2.24, 2.45) is 0 Å². The normalized spacial score (nSPS) is 22.0. The van der Waals surface area contributed by atoms with Crippen molar-refractivity contribution in [1.29, 1.82) is 0 Å². The van der Waals surface area contributed by atoms with Crippen molar-refractivity contribution < 1.29 is 27.4 Å². The van der Waals surface area contributed by atoms with Crippen molar-refractivity contribution in [3.8, 4) is 11.8 Å². The van der Waals surface area contributed by atoms with Gasteiger partial charge in [0, 0.05) is 25.5 Å². The number of carbonyl (C=O) groups excluding carboxylic acids is 1. The molecule has 9 heteroatoms. The second-order valence-corrected chi connectivity index (χ2v) is 7.11. The number of pyridine rings is 1. The Kier molecular flexibility index (Phi) is 5.78. The largest absolute Gasteiger partial charge is 0.481 e. The molecule has 1 aromatic heterocycles. The van der Waals surface area contributed by atoms with Gasteiger partial charge in [0.05, 0.1) is 19.7 Å². The summed E-state index contributed by atoms with van der Waals surface area (Å²) in [6.07, 6.45) is -0.00261. The van der Waals surface area contributed by atoms with E-state index in [4.69, 9.17) is 9.47 Å². The molecule has 0 unspecified atom stereocenters. The van der Waals surface area contributed by atoms with Crippen LogP contribution in [0.3, 0.4) is 0 Å². The summed E-state index contributed by atoms with van der Waals surface area (Å²) in [6.45, 7) is 0.947. The predicted octanol–water partition coefficient (Wildman–Crippen LogP) is 2.51. The Hall–Kier alpha value is -2.03. The first-order chi connectivity index (χ1) is 12.8. The van der Waals surface area contributed by atoms with E-state index < -0.39 is 17.8 Å². The molecule has 1 aromatic rings. The quantitative estimate of drug-likeness (QED) is 0.813. The van der Waals surface area contributed by atoms with E-state index in [1.165, 1.54) is 18.1 Å². The molecule has 1 amide bonds. The van der Waals surface area contributed by atoms with Crippen molar-refractivity contribution in [1.82, 2.24) is 15.2 Å². The number of likely N-dealkylation sites (N-methyl/N-ethyl adjacent to an activating group) is 1. The van der Waals surface area contributed by atoms with E-state index in [-0.39, 0.29) is 55.9 Å². The number of rotatable bonds is 6. The second-order valence-electron chi connectivity index (χ2n) is 7.11. The Bertz CT molecular complexity index is 688. The van der Waals surface area contributed by atoms with Crippen molar-refractivity contribution in [3.63, 3.8) is 0 Å². The third-order valence-corrected chi connectivity index (χ3v) is 5.02. The van der Waals surface area contributed by atoms with Gasteiger partial charge in [0.1, 0.15) is 6.10 Å². The zero-order chi connectivity index (χ0) is 19.6. The van der Waals surface area contributed by atoms with Crippen LogP contribution in [-0.2, 0) is 11.3 Å². The zero-order valence-electron chi connectivity index (χ0n) is 15.4. The molecule has 3 rings (SSSR count). The lowest BCUT2D eigenvalue weighted by Gasteiger charge is -2.31. The van der Waals surface area contributed by atoms with Gasteiger partial charge < -0.3 is 19.7 Å². The topological polar surface area (TPSA) is 63.7 Å². The molecule has 0 bridgehead atoms. The number of aromatic nitrogens is 1. The van der Waals surface area contributed by atoms with Crippen LogP contribution in [0.15, 0.2) is 6.07 Å². The molecule has 6 nitrogen and oxygen atoms in total. The van der Waals surface area contributed by atoms with Gasteiger partial charge in [-0.3, -0.25) is 4.79 Å². The third kappa shape index (κ3) is 4.63. The Morgan fingerprint density at radius 2 is 2.00 bits per heavy atom. The zero-order valence-corrected chi connectivity index (χ0v) is 15.4. The van der Waals surface area contributed by atoms with Crippen LogP contribution in [0.1, 0.15) is 37.7 Å². The van der Waals surface area contributed by atoms with Gasteiger partial charge in [0.25, 0.3) is 5.88 Å². The maximum atomic E-state index is 14.5. The first kappa shape index (κ1) is 19.7. The van der Waals surface area contributed by atoms with Crippen LogP contribution in [0.25, 0.3) is 0 Å². The smallest absolute Gasteiger partial charge is 0.254 e. The highest BCUT2D eigenvalue weighted by Crippen LogP contribution is 2.35. The standard InChI is InChI=1S/C18H24F3N3O3/c1-24(17(25)14-5-8-22-14)10-11-9-13(19)16(23-15(11)26-2)27-12-3-6-18(20,21)7-4-12/h9,12,14,22H,3-8,10H2,1-2H3/t14-/m0/s1. The molecule has 27 heavy (non-hydrogen) atoms. The molecule has 1 aliphatic heterocycles. The minimum absolute atomic E-state index is 0.0767. The average Bonchev–Trinajstić information content (AvgIpc) is 2.57. The Balaban J connectivity index is 1.68. The van der Waals surface area contributed by atoms with E-state index in [2.05, 4.69) is 10.3 Å². The highest BCUT2D eigenvalue weighted by Gasteiger charge is 2.36. The SMILES string of the molecule is COc1nc(OC2CCC(F)(F)CC2)c(F)cc1CN(C)C(=O)[C@@H]1CCN1. The number of alkyl halides is 2. The minimum Gasteiger partial charge on any atom is -0.481 e. The summed E-state index contributed by atoms with van der Waals surface area (Å²) in [4.78, 5) is 17.8. The van der Waals surface area contributed by atoms with Crippen LogP contribution in [-0.4, -0.2) is 54.6 Å². The van der Waals surface area contributed by atoms with Crippen LogP contribution in [0.2, 0.25) is 0 Å². The molecule has 2 aliphatic rings. The highest BCUT2D eigenvalue weighted by molar-refractivity contribution is 5.82. The molecular formula is C18H24F3N3O3. The van der Waals surface area contributed by atoms with Crippen molar-refractivity contribution in [3.05, 3.63) is 17.4 Å². The molecule has 0 radical (unpaired) electrons. The van der Waals surface area contributed by atoms with Crippen LogP contribution in [0, 0.1) is 5.82 Å². The first-order valence-corrected chi connectivity index (χ1v) is 9.05. The third-order valence-electron chi connectivity index (χ3n) is 5.02. The van der Waals surface area contributed by atoms with E-state index in [9.17, 15) is 18.0 Å². The van der Waals surface area contributed by atoms with Crippen molar-refractivity contribution in [2.45, 2.75) is 56.7 Å². The van der Waals surface area contributed by atoms with Gasteiger partial charge in [-0.2, -0.15) is 4.98 Å². The molecule has 0 aromatic carbocycles. The summed E-state index contributed by atoms with van der Waals surface area (Å²) in [5.41, 5.74) is 0.410. The number of nitrogens with zero attached hydrogens (tertiary/aromatic N) is 2. The molecule has 150 valence electrons. The van der Waals surface area contributed by atoms with Gasteiger partial charge in [-0.25, -0.2) is 13.2 Å². The minimum atomic E-state index is -2.68. The maximum absolute atomic E-state index is 14.5. The van der Waals surface area contributed by atoms with Crippen molar-refractivity contribution in [2.75, 3.05) is 20.7 Å². The van der Waals surface area contributed by atoms with E-state index >= 15 is 0 Å². The van der Waals surface area contributed by atoms with E-state index in [1.54, 1.807) is 7.05 Å². The van der Waals surface area contributed by atoms with E-state index in [1.807, 2.05) is 0 Å². The summed E-state index contributed by atoms with van der Waals surface area (Å²) in [6, 6.07) is 1.02. The molecule has 2 fully saturated rings. The predicted molar refractivity (Wildman–Crippen MR) is 91.5 cm³/mol. The second kappa shape index (κ2) is 7.92. The average molecular weight is 387 g/mol. The van der Waals surface area contributed by atoms with Gasteiger partial charge in [-0.1, -0.05) is 0 Å². The van der Waals surface area contributed by atoms with Crippen LogP contribution in [0.4, 0.5) is 13.2 Å². The molecule has 1 atom stereocenters. The van der Waals surface area contributed by atoms with E-state index in [0.29, 0.717) is 5.56 Å². The Morgan fingerprint density at radius 3 is 2.56 bits per heavy atom. The van der Waals surface area contributed by atoms with Gasteiger partial charge >= 0.3 is 0 Å². The number of nitrogens with one attached hydrogen (secondary N) is 1. The van der Waals surface area contributed by atoms with Gasteiger partial charge in [-0.15, -0.1) is 0 Å². The summed E-state index contributed by atoms with van der Waals surface area (Å²) in [7, 11) is 3.02. The fourth-order valence-corrected chi connectivity index (χ4v) is 3.25. The molecule has 2 heterocycles. The van der Waals surface area contributed by atoms with Crippen molar-refractivity contribution >= 4 is 5.91 Å². The highest BCUT2D eigenvalue weighted by atomic mass is 19.3. The van der Waals surface area contributed by atoms with Crippen LogP contribution >= 0.6 is 0 Å². The van der Waals surface area contributed by atoms with Crippen LogP contribution in [0.5, 0.6) is 11.8 Å². The molecule has 1 saturated heterocycles. The number of halogens is 3. The fourth-order valence-electron chi connectivity index (χ4n) is 3.25. The molecule has 1 N–H and O–H groups in total. The van der Waals surface area contributed by atoms with Gasteiger partial charge in [0.15, 0.2) is 5.82 Å². The number of amides is 1. The molecule has 1 saturated carbocycles. The summed E-state index contributed by atoms with van der Waals surface area (Å²) in [5, 5.41) is 3.03. The monoisotopic (exact) mass is 387 g/mol. The summed E-state index contributed by atoms with van der Waals surface area (Å²) >= 11 is 0. The maximum Gasteiger partial charge on any atom is 0.254 e. The number of hydrogen-bond acceptors (Lipinski definition) is 5. The summed E-state index contributed by atoms with van der Waals surface area (Å²) in [5.74, 6) is -3.58. The molecule has 0 spiro atoms. The van der Waals surface area contributed by atoms with Gasteiger partial charge in [-0.05, 0) is 31.9 Å². The number of carbonyl (C=O) groups is 1. The fraction of sp³-hybridized carbons (Fsp3) is 0.667. The van der Waals surface area contributed by atoms with Gasteiger partial charge in [0.2, 0.25) is 17.7 Å². The van der Waals surface area contributed by atoms with Crippen LogP contribution < -0.4 is 14.8 Å². The summed E-state index contributed by atoms with van der Waals surface area (Å²) < 4.78 is 51.6. The number of methoxy groups -OCH3 is 1. The Morgan fingerprint density at radius 1 is 1.33 bits per heavy atom. The molecular weight excluding hydrogens is 363 g/mol. The Labute approximate surface area is 156 Å². The molecule has 1 aliphatic carbocycles. The van der Waals surface area contributed by atoms with E-state index in [0.717, 1.165) is 13.0 Å². The number of hydrogen-bond donors (Lipinski definition) is 1. The first-order valence-electron chi connectivity index (χ1n) is 9.05.